The second-order valence-electron chi connectivity index (χ2n) is 6.55. The molecule has 0 unspecified atom stereocenters. The van der Waals surface area contributed by atoms with Gasteiger partial charge in [-0.15, -0.1) is 0 Å². The highest BCUT2D eigenvalue weighted by molar-refractivity contribution is 6.29. The number of nitro groups is 1. The van der Waals surface area contributed by atoms with Gasteiger partial charge in [0.2, 0.25) is 0 Å². The molecule has 140 valence electrons. The van der Waals surface area contributed by atoms with Crippen LogP contribution in [0.4, 0.5) is 11.4 Å². The van der Waals surface area contributed by atoms with Crippen molar-refractivity contribution in [2.24, 2.45) is 0 Å². The number of carbonyl (C=O) groups excluding carboxylic acids is 1. The van der Waals surface area contributed by atoms with E-state index in [9.17, 15) is 14.9 Å². The highest BCUT2D eigenvalue weighted by atomic mass is 16.6. The molecule has 3 aromatic carbocycles. The number of amides is 1. The van der Waals surface area contributed by atoms with Crippen LogP contribution in [0.3, 0.4) is 0 Å². The van der Waals surface area contributed by atoms with Crippen molar-refractivity contribution in [3.63, 3.8) is 0 Å². The minimum absolute atomic E-state index is 0.0176. The fraction of sp³-hybridized carbons (Fsp3) is 0.0870. The molecule has 3 rings (SSSR count). The average Bonchev–Trinajstić information content (AvgIpc) is 2.69. The van der Waals surface area contributed by atoms with Crippen LogP contribution in [0.25, 0.3) is 11.6 Å². The summed E-state index contributed by atoms with van der Waals surface area (Å²) < 4.78 is 0. The lowest BCUT2D eigenvalue weighted by atomic mass is 10.0. The van der Waals surface area contributed by atoms with Crippen molar-refractivity contribution in [2.75, 3.05) is 5.32 Å². The van der Waals surface area contributed by atoms with Gasteiger partial charge in [-0.1, -0.05) is 60.2 Å². The van der Waals surface area contributed by atoms with Gasteiger partial charge in [0, 0.05) is 23.4 Å². The first kappa shape index (κ1) is 19.0. The zero-order valence-electron chi connectivity index (χ0n) is 15.7. The molecule has 5 nitrogen and oxygen atoms in total. The molecule has 0 aliphatic heterocycles. The van der Waals surface area contributed by atoms with Gasteiger partial charge in [0.25, 0.3) is 11.6 Å². The van der Waals surface area contributed by atoms with E-state index in [4.69, 9.17) is 0 Å². The zero-order chi connectivity index (χ0) is 20.1. The molecule has 0 saturated heterocycles. The van der Waals surface area contributed by atoms with Gasteiger partial charge in [-0.25, -0.2) is 0 Å². The van der Waals surface area contributed by atoms with Crippen LogP contribution in [0.15, 0.2) is 72.8 Å². The smallest absolute Gasteiger partial charge is 0.270 e. The molecule has 3 aromatic rings. The third-order valence-corrected chi connectivity index (χ3v) is 4.35. The number of hydrogen-bond donors (Lipinski definition) is 1. The van der Waals surface area contributed by atoms with Crippen molar-refractivity contribution in [1.82, 2.24) is 0 Å². The van der Waals surface area contributed by atoms with Crippen molar-refractivity contribution in [1.29, 1.82) is 0 Å². The first-order chi connectivity index (χ1) is 13.4. The van der Waals surface area contributed by atoms with E-state index in [1.165, 1.54) is 12.1 Å². The van der Waals surface area contributed by atoms with E-state index in [0.717, 1.165) is 22.4 Å². The predicted octanol–water partition coefficient (Wildman–Crippen LogP) is 5.39. The Kier molecular flexibility index (Phi) is 5.65. The lowest BCUT2D eigenvalue weighted by Crippen LogP contribution is -2.14. The Balaban J connectivity index is 2.01. The minimum atomic E-state index is -0.449. The van der Waals surface area contributed by atoms with Crippen LogP contribution in [-0.4, -0.2) is 10.8 Å². The number of anilines is 1. The number of non-ortho nitro benzene ring substituents is 1. The summed E-state index contributed by atoms with van der Waals surface area (Å²) >= 11 is 0. The molecule has 0 radical (unpaired) electrons. The summed E-state index contributed by atoms with van der Waals surface area (Å²) in [6.07, 6.45) is 1.67. The maximum Gasteiger partial charge on any atom is 0.270 e. The Morgan fingerprint density at radius 2 is 1.71 bits per heavy atom. The summed E-state index contributed by atoms with van der Waals surface area (Å²) in [5, 5.41) is 14.0. The van der Waals surface area contributed by atoms with E-state index < -0.39 is 4.92 Å². The fourth-order valence-electron chi connectivity index (χ4n) is 2.94. The molecule has 0 fully saturated rings. The number of nitro benzene ring substituents is 1. The monoisotopic (exact) mass is 372 g/mol. The zero-order valence-corrected chi connectivity index (χ0v) is 15.7. The van der Waals surface area contributed by atoms with Gasteiger partial charge in [0.15, 0.2) is 0 Å². The first-order valence-electron chi connectivity index (χ1n) is 8.84. The maximum atomic E-state index is 13.1. The quantitative estimate of drug-likeness (QED) is 0.282. The topological polar surface area (TPSA) is 72.2 Å². The third-order valence-electron chi connectivity index (χ3n) is 4.35. The molecule has 0 aliphatic rings. The van der Waals surface area contributed by atoms with Crippen molar-refractivity contribution < 1.29 is 9.72 Å². The molecular formula is C23H20N2O3. The van der Waals surface area contributed by atoms with Crippen molar-refractivity contribution in [3.05, 3.63) is 105 Å². The van der Waals surface area contributed by atoms with Crippen LogP contribution in [0, 0.1) is 24.0 Å². The highest BCUT2D eigenvalue weighted by Gasteiger charge is 2.14. The summed E-state index contributed by atoms with van der Waals surface area (Å²) in [5.74, 6) is -0.273. The largest absolute Gasteiger partial charge is 0.322 e. The number of aryl methyl sites for hydroxylation is 2. The summed E-state index contributed by atoms with van der Waals surface area (Å²) in [6.45, 7) is 3.94. The van der Waals surface area contributed by atoms with Gasteiger partial charge in [-0.2, -0.15) is 0 Å². The number of benzene rings is 3. The lowest BCUT2D eigenvalue weighted by molar-refractivity contribution is -0.384. The van der Waals surface area contributed by atoms with Crippen LogP contribution in [0.2, 0.25) is 0 Å². The molecule has 1 amide bonds. The summed E-state index contributed by atoms with van der Waals surface area (Å²) in [6, 6.07) is 21.3. The summed E-state index contributed by atoms with van der Waals surface area (Å²) in [4.78, 5) is 23.7. The minimum Gasteiger partial charge on any atom is -0.322 e. The standard InChI is InChI=1S/C23H20N2O3/c1-16-11-12-22(17(2)13-16)24-23(26)21(19-8-4-3-5-9-19)15-18-7-6-10-20(14-18)25(27)28/h3-15H,1-2H3,(H,24,26)/b21-15+. The summed E-state index contributed by atoms with van der Waals surface area (Å²) in [7, 11) is 0. The van der Waals surface area contributed by atoms with E-state index in [2.05, 4.69) is 5.32 Å². The number of nitrogens with zero attached hydrogens (tertiary/aromatic N) is 1. The summed E-state index contributed by atoms with van der Waals surface area (Å²) in [5.41, 5.74) is 4.55. The van der Waals surface area contributed by atoms with Gasteiger partial charge in [0.1, 0.15) is 0 Å². The van der Waals surface area contributed by atoms with Gasteiger partial charge in [-0.05, 0) is 42.7 Å². The van der Waals surface area contributed by atoms with E-state index in [0.29, 0.717) is 11.1 Å². The molecule has 0 aromatic heterocycles. The van der Waals surface area contributed by atoms with Crippen LogP contribution in [0.1, 0.15) is 22.3 Å². The normalized spacial score (nSPS) is 11.1. The molecule has 1 N–H and O–H groups in total. The van der Waals surface area contributed by atoms with Crippen LogP contribution in [0.5, 0.6) is 0 Å². The molecule has 0 spiro atoms. The van der Waals surface area contributed by atoms with Crippen molar-refractivity contribution in [2.45, 2.75) is 13.8 Å². The van der Waals surface area contributed by atoms with E-state index in [-0.39, 0.29) is 11.6 Å². The van der Waals surface area contributed by atoms with E-state index in [1.807, 2.05) is 62.4 Å². The Morgan fingerprint density at radius 1 is 0.964 bits per heavy atom. The number of carbonyl (C=O) groups is 1. The van der Waals surface area contributed by atoms with Crippen LogP contribution in [-0.2, 0) is 4.79 Å². The van der Waals surface area contributed by atoms with Crippen molar-refractivity contribution >= 4 is 28.9 Å². The highest BCUT2D eigenvalue weighted by Crippen LogP contribution is 2.24. The molecule has 0 atom stereocenters. The number of rotatable bonds is 5. The van der Waals surface area contributed by atoms with E-state index in [1.54, 1.807) is 18.2 Å². The molecule has 0 bridgehead atoms. The second kappa shape index (κ2) is 8.31. The number of hydrogen-bond acceptors (Lipinski definition) is 3. The fourth-order valence-corrected chi connectivity index (χ4v) is 2.94. The molecule has 0 heterocycles. The Labute approximate surface area is 163 Å². The van der Waals surface area contributed by atoms with E-state index >= 15 is 0 Å². The van der Waals surface area contributed by atoms with Crippen LogP contribution >= 0.6 is 0 Å². The maximum absolute atomic E-state index is 13.1. The van der Waals surface area contributed by atoms with Gasteiger partial charge < -0.3 is 5.32 Å². The van der Waals surface area contributed by atoms with Gasteiger partial charge in [-0.3, -0.25) is 14.9 Å². The Bertz CT molecular complexity index is 1060. The Morgan fingerprint density at radius 3 is 2.39 bits per heavy atom. The van der Waals surface area contributed by atoms with Crippen LogP contribution < -0.4 is 5.32 Å². The number of nitrogens with one attached hydrogen (secondary N) is 1. The molecule has 5 heteroatoms. The molecule has 0 saturated carbocycles. The first-order valence-corrected chi connectivity index (χ1v) is 8.84. The van der Waals surface area contributed by atoms with Gasteiger partial charge in [0.05, 0.1) is 4.92 Å². The third kappa shape index (κ3) is 4.51. The predicted molar refractivity (Wildman–Crippen MR) is 112 cm³/mol. The molecular weight excluding hydrogens is 352 g/mol. The lowest BCUT2D eigenvalue weighted by Gasteiger charge is -2.12. The average molecular weight is 372 g/mol. The van der Waals surface area contributed by atoms with Gasteiger partial charge >= 0.3 is 0 Å². The molecule has 0 aliphatic carbocycles. The van der Waals surface area contributed by atoms with Crippen molar-refractivity contribution in [3.8, 4) is 0 Å². The SMILES string of the molecule is Cc1ccc(NC(=O)/C(=C/c2cccc([N+](=O)[O-])c2)c2ccccc2)c(C)c1. The molecule has 28 heavy (non-hydrogen) atoms. The second-order valence-corrected chi connectivity index (χ2v) is 6.55. The Hall–Kier alpha value is -3.73.